The van der Waals surface area contributed by atoms with Gasteiger partial charge < -0.3 is 78.7 Å². The minimum atomic E-state index is -1.41. The Morgan fingerprint density at radius 2 is 0.636 bits per heavy atom. The first kappa shape index (κ1) is 52.1. The highest BCUT2D eigenvalue weighted by atomic mass is 16.6. The number of rotatable bonds is 34. The van der Waals surface area contributed by atoms with Crippen molar-refractivity contribution in [2.45, 2.75) is 39.1 Å². The second-order valence-electron chi connectivity index (χ2n) is 13.9. The molecular weight excluding hydrogens is 736 g/mol. The Balaban J connectivity index is 5.94. The quantitative estimate of drug-likeness (QED) is 0.0189. The summed E-state index contributed by atoms with van der Waals surface area (Å²) in [6, 6.07) is 0. The molecule has 0 rings (SSSR count). The number of hydrogen-bond acceptors (Lipinski definition) is 19. The van der Waals surface area contributed by atoms with Crippen LogP contribution in [0.3, 0.4) is 0 Å². The SMILES string of the molecule is C=C(C)C(=O)OCC(O)COCC(CO)(COCC(O)COC(=O)C(=C)C)COCC(CO)(COCC(O)COC(=O)C(=C)C)COCC(CO)(CO)CO. The molecule has 55 heavy (non-hydrogen) atoms. The molecule has 4 unspecified atom stereocenters. The van der Waals surface area contributed by atoms with Gasteiger partial charge in [-0.25, -0.2) is 14.4 Å². The standard InChI is InChI=1S/C36H62O19/c1-25(2)31(45)53-10-28(42)7-48-19-35(16-40,20-49-8-29(43)11-54-32(46)26(3)4)22-52-24-36(17-41,23-51-18-34(13-37,14-38)15-39)21-50-9-30(44)12-55-33(47)27(5)6/h28-30,37-44H,1,3,5,7-24H2,2,4,6H3. The van der Waals surface area contributed by atoms with Crippen LogP contribution in [0.1, 0.15) is 20.8 Å². The molecule has 0 fully saturated rings. The van der Waals surface area contributed by atoms with E-state index in [1.54, 1.807) is 0 Å². The van der Waals surface area contributed by atoms with Crippen LogP contribution in [0.15, 0.2) is 36.5 Å². The molecule has 320 valence electrons. The van der Waals surface area contributed by atoms with Crippen molar-refractivity contribution in [1.82, 2.24) is 0 Å². The molecule has 0 aliphatic carbocycles. The minimum Gasteiger partial charge on any atom is -0.460 e. The van der Waals surface area contributed by atoms with Crippen LogP contribution >= 0.6 is 0 Å². The Labute approximate surface area is 321 Å². The predicted octanol–water partition coefficient (Wildman–Crippen LogP) is -2.57. The molecule has 8 N–H and O–H groups in total. The normalized spacial score (nSPS) is 15.5. The van der Waals surface area contributed by atoms with Crippen molar-refractivity contribution in [2.75, 3.05) is 119 Å². The van der Waals surface area contributed by atoms with Crippen LogP contribution in [0.5, 0.6) is 0 Å². The van der Waals surface area contributed by atoms with Crippen molar-refractivity contribution in [3.8, 4) is 0 Å². The second kappa shape index (κ2) is 27.7. The molecule has 0 aliphatic heterocycles. The summed E-state index contributed by atoms with van der Waals surface area (Å²) in [6.07, 6.45) is -3.78. The van der Waals surface area contributed by atoms with Crippen molar-refractivity contribution < 1.29 is 93.1 Å². The monoisotopic (exact) mass is 798 g/mol. The first-order valence-electron chi connectivity index (χ1n) is 17.3. The third-order valence-electron chi connectivity index (χ3n) is 7.73. The summed E-state index contributed by atoms with van der Waals surface area (Å²) >= 11 is 0. The number of aliphatic hydroxyl groups excluding tert-OH is 8. The number of carbonyl (C=O) groups is 3. The fourth-order valence-corrected chi connectivity index (χ4v) is 4.04. The lowest BCUT2D eigenvalue weighted by molar-refractivity contribution is -0.154. The summed E-state index contributed by atoms with van der Waals surface area (Å²) < 4.78 is 43.4. The topological polar surface area (TPSA) is 287 Å². The molecule has 0 bridgehead atoms. The van der Waals surface area contributed by atoms with E-state index in [-0.39, 0.29) is 82.8 Å². The first-order chi connectivity index (χ1) is 25.9. The first-order valence-corrected chi connectivity index (χ1v) is 17.3. The molecule has 19 heteroatoms. The van der Waals surface area contributed by atoms with Crippen LogP contribution in [0.25, 0.3) is 0 Å². The van der Waals surface area contributed by atoms with Gasteiger partial charge in [-0.3, -0.25) is 0 Å². The molecule has 0 aliphatic rings. The molecule has 0 aromatic rings. The van der Waals surface area contributed by atoms with Crippen LogP contribution in [-0.2, 0) is 52.3 Å². The van der Waals surface area contributed by atoms with Crippen molar-refractivity contribution in [3.63, 3.8) is 0 Å². The average molecular weight is 799 g/mol. The third-order valence-corrected chi connectivity index (χ3v) is 7.73. The van der Waals surface area contributed by atoms with E-state index in [9.17, 15) is 55.2 Å². The number of carbonyl (C=O) groups excluding carboxylic acids is 3. The Kier molecular flexibility index (Phi) is 26.2. The Hall–Kier alpha value is -2.89. The molecule has 0 spiro atoms. The van der Waals surface area contributed by atoms with E-state index in [4.69, 9.17) is 37.9 Å². The van der Waals surface area contributed by atoms with Gasteiger partial charge >= 0.3 is 17.9 Å². The maximum absolute atomic E-state index is 11.7. The highest BCUT2D eigenvalue weighted by molar-refractivity contribution is 5.87. The highest BCUT2D eigenvalue weighted by Crippen LogP contribution is 2.25. The fourth-order valence-electron chi connectivity index (χ4n) is 4.04. The predicted molar refractivity (Wildman–Crippen MR) is 192 cm³/mol. The van der Waals surface area contributed by atoms with Gasteiger partial charge in [-0.1, -0.05) is 19.7 Å². The van der Waals surface area contributed by atoms with Crippen molar-refractivity contribution >= 4 is 17.9 Å². The van der Waals surface area contributed by atoms with Gasteiger partial charge in [0.1, 0.15) is 38.1 Å². The molecule has 19 nitrogen and oxygen atoms in total. The van der Waals surface area contributed by atoms with Gasteiger partial charge in [0.05, 0.1) is 115 Å². The summed E-state index contributed by atoms with van der Waals surface area (Å²) in [5.74, 6) is -2.14. The summed E-state index contributed by atoms with van der Waals surface area (Å²) in [4.78, 5) is 35.0. The van der Waals surface area contributed by atoms with E-state index in [0.29, 0.717) is 0 Å². The molecule has 0 aromatic heterocycles. The molecule has 0 saturated heterocycles. The summed E-state index contributed by atoms with van der Waals surface area (Å²) in [5, 5.41) is 81.0. The number of hydrogen-bond donors (Lipinski definition) is 8. The Morgan fingerprint density at radius 1 is 0.418 bits per heavy atom. The third kappa shape index (κ3) is 21.3. The fraction of sp³-hybridized carbons (Fsp3) is 0.750. The van der Waals surface area contributed by atoms with E-state index >= 15 is 0 Å². The highest BCUT2D eigenvalue weighted by Gasteiger charge is 2.37. The zero-order valence-corrected chi connectivity index (χ0v) is 32.1. The molecule has 4 atom stereocenters. The van der Waals surface area contributed by atoms with Crippen LogP contribution in [-0.4, -0.2) is 196 Å². The zero-order chi connectivity index (χ0) is 42.1. The maximum atomic E-state index is 11.7. The Bertz CT molecular complexity index is 1120. The second-order valence-corrected chi connectivity index (χ2v) is 13.9. The maximum Gasteiger partial charge on any atom is 0.333 e. The summed E-state index contributed by atoms with van der Waals surface area (Å²) in [5.41, 5.74) is -3.80. The molecule has 0 saturated carbocycles. The van der Waals surface area contributed by atoms with Crippen molar-refractivity contribution in [2.24, 2.45) is 16.2 Å². The van der Waals surface area contributed by atoms with Crippen LogP contribution in [0, 0.1) is 16.2 Å². The van der Waals surface area contributed by atoms with E-state index < -0.39 is 105 Å². The van der Waals surface area contributed by atoms with Gasteiger partial charge in [-0.2, -0.15) is 0 Å². The molecule has 0 radical (unpaired) electrons. The van der Waals surface area contributed by atoms with Gasteiger partial charge in [0.2, 0.25) is 0 Å². The van der Waals surface area contributed by atoms with Gasteiger partial charge in [0, 0.05) is 16.7 Å². The molecule has 0 aromatic carbocycles. The van der Waals surface area contributed by atoms with E-state index in [0.717, 1.165) is 0 Å². The van der Waals surface area contributed by atoms with Crippen LogP contribution in [0.4, 0.5) is 0 Å². The van der Waals surface area contributed by atoms with Gasteiger partial charge in [0.15, 0.2) is 0 Å². The minimum absolute atomic E-state index is 0.127. The average Bonchev–Trinajstić information content (AvgIpc) is 3.16. The van der Waals surface area contributed by atoms with Gasteiger partial charge in [-0.05, 0) is 20.8 Å². The number of esters is 3. The van der Waals surface area contributed by atoms with Crippen LogP contribution in [0.2, 0.25) is 0 Å². The van der Waals surface area contributed by atoms with Gasteiger partial charge in [0.25, 0.3) is 0 Å². The van der Waals surface area contributed by atoms with E-state index in [2.05, 4.69) is 19.7 Å². The number of ether oxygens (including phenoxy) is 8. The summed E-state index contributed by atoms with van der Waals surface area (Å²) in [6.45, 7) is 7.01. The van der Waals surface area contributed by atoms with Crippen molar-refractivity contribution in [3.05, 3.63) is 36.5 Å². The molecular formula is C36H62O19. The van der Waals surface area contributed by atoms with E-state index in [1.807, 2.05) is 0 Å². The lowest BCUT2D eigenvalue weighted by Gasteiger charge is -2.36. The lowest BCUT2D eigenvalue weighted by atomic mass is 9.89. The van der Waals surface area contributed by atoms with E-state index in [1.165, 1.54) is 20.8 Å². The zero-order valence-electron chi connectivity index (χ0n) is 32.1. The van der Waals surface area contributed by atoms with Crippen LogP contribution < -0.4 is 0 Å². The summed E-state index contributed by atoms with van der Waals surface area (Å²) in [7, 11) is 0. The lowest BCUT2D eigenvalue weighted by Crippen LogP contribution is -2.47. The molecule has 0 heterocycles. The van der Waals surface area contributed by atoms with Crippen molar-refractivity contribution in [1.29, 1.82) is 0 Å². The number of aliphatic hydroxyl groups is 8. The Morgan fingerprint density at radius 3 is 0.855 bits per heavy atom. The largest absolute Gasteiger partial charge is 0.460 e. The smallest absolute Gasteiger partial charge is 0.333 e. The van der Waals surface area contributed by atoms with Gasteiger partial charge in [-0.15, -0.1) is 0 Å². The molecule has 0 amide bonds.